The Labute approximate surface area is 82.2 Å². The van der Waals surface area contributed by atoms with Crippen LogP contribution in [-0.2, 0) is 0 Å². The van der Waals surface area contributed by atoms with Crippen molar-refractivity contribution in [1.82, 2.24) is 0 Å². The maximum absolute atomic E-state index is 8.59. The molecule has 0 aliphatic rings. The van der Waals surface area contributed by atoms with Gasteiger partial charge in [0.25, 0.3) is 0 Å². The van der Waals surface area contributed by atoms with E-state index in [0.717, 1.165) is 25.7 Å². The molecular formula is C12H22O. The monoisotopic (exact) mass is 182 g/mol. The van der Waals surface area contributed by atoms with Crippen molar-refractivity contribution in [3.63, 3.8) is 0 Å². The van der Waals surface area contributed by atoms with E-state index in [1.807, 2.05) is 0 Å². The predicted molar refractivity (Wildman–Crippen MR) is 58.7 cm³/mol. The highest BCUT2D eigenvalue weighted by molar-refractivity contribution is 5.01. The Morgan fingerprint density at radius 1 is 1.08 bits per heavy atom. The van der Waals surface area contributed by atoms with Gasteiger partial charge in [-0.25, -0.2) is 0 Å². The van der Waals surface area contributed by atoms with Crippen molar-refractivity contribution in [2.75, 3.05) is 6.61 Å². The largest absolute Gasteiger partial charge is 0.396 e. The number of unbranched alkanes of at least 4 members (excludes halogenated alkanes) is 1. The second-order valence-electron chi connectivity index (χ2n) is 3.74. The molecule has 0 radical (unpaired) electrons. The average Bonchev–Trinajstić information content (AvgIpc) is 2.04. The first-order valence-corrected chi connectivity index (χ1v) is 5.06. The first kappa shape index (κ1) is 12.4. The van der Waals surface area contributed by atoms with Crippen molar-refractivity contribution < 1.29 is 5.11 Å². The summed E-state index contributed by atoms with van der Waals surface area (Å²) in [7, 11) is 0. The smallest absolute Gasteiger partial charge is 0.0433 e. The summed E-state index contributed by atoms with van der Waals surface area (Å²) in [5, 5.41) is 8.59. The minimum Gasteiger partial charge on any atom is -0.396 e. The highest BCUT2D eigenvalue weighted by Crippen LogP contribution is 2.08. The van der Waals surface area contributed by atoms with Gasteiger partial charge < -0.3 is 5.11 Å². The molecular weight excluding hydrogens is 160 g/mol. The molecule has 0 unspecified atom stereocenters. The van der Waals surface area contributed by atoms with Crippen LogP contribution in [0.2, 0.25) is 0 Å². The Morgan fingerprint density at radius 3 is 2.31 bits per heavy atom. The fourth-order valence-electron chi connectivity index (χ4n) is 1.13. The molecule has 1 nitrogen and oxygen atoms in total. The van der Waals surface area contributed by atoms with Crippen LogP contribution < -0.4 is 0 Å². The van der Waals surface area contributed by atoms with Crippen molar-refractivity contribution in [2.24, 2.45) is 0 Å². The maximum Gasteiger partial charge on any atom is 0.0433 e. The molecule has 1 N–H and O–H groups in total. The molecule has 0 aromatic rings. The summed E-state index contributed by atoms with van der Waals surface area (Å²) in [4.78, 5) is 0. The van der Waals surface area contributed by atoms with Crippen LogP contribution in [0.15, 0.2) is 23.3 Å². The van der Waals surface area contributed by atoms with Gasteiger partial charge in [0.2, 0.25) is 0 Å². The van der Waals surface area contributed by atoms with E-state index in [-0.39, 0.29) is 0 Å². The minimum atomic E-state index is 0.303. The minimum absolute atomic E-state index is 0.303. The summed E-state index contributed by atoms with van der Waals surface area (Å²) < 4.78 is 0. The van der Waals surface area contributed by atoms with Crippen LogP contribution in [-0.4, -0.2) is 11.7 Å². The lowest BCUT2D eigenvalue weighted by Crippen LogP contribution is -1.82. The maximum atomic E-state index is 8.59. The van der Waals surface area contributed by atoms with Crippen LogP contribution in [0.25, 0.3) is 0 Å². The quantitative estimate of drug-likeness (QED) is 0.492. The van der Waals surface area contributed by atoms with Crippen LogP contribution in [0.5, 0.6) is 0 Å². The molecule has 0 fully saturated rings. The molecule has 0 saturated carbocycles. The van der Waals surface area contributed by atoms with Gasteiger partial charge in [-0.2, -0.15) is 0 Å². The van der Waals surface area contributed by atoms with E-state index in [4.69, 9.17) is 5.11 Å². The molecule has 0 aromatic carbocycles. The summed E-state index contributed by atoms with van der Waals surface area (Å²) >= 11 is 0. The van der Waals surface area contributed by atoms with E-state index in [9.17, 15) is 0 Å². The molecule has 0 amide bonds. The summed E-state index contributed by atoms with van der Waals surface area (Å²) in [5.41, 5.74) is 2.83. The van der Waals surface area contributed by atoms with Crippen LogP contribution in [0, 0.1) is 0 Å². The van der Waals surface area contributed by atoms with Crippen molar-refractivity contribution in [3.05, 3.63) is 23.3 Å². The van der Waals surface area contributed by atoms with Gasteiger partial charge in [-0.3, -0.25) is 0 Å². The van der Waals surface area contributed by atoms with Gasteiger partial charge in [0, 0.05) is 6.61 Å². The third kappa shape index (κ3) is 9.35. The number of allylic oxidation sites excluding steroid dienone is 4. The molecule has 0 aliphatic carbocycles. The highest BCUT2D eigenvalue weighted by Gasteiger charge is 1.88. The van der Waals surface area contributed by atoms with Crippen LogP contribution in [0.1, 0.15) is 46.5 Å². The van der Waals surface area contributed by atoms with Gasteiger partial charge in [0.15, 0.2) is 0 Å². The lowest BCUT2D eigenvalue weighted by molar-refractivity contribution is 0.289. The van der Waals surface area contributed by atoms with Gasteiger partial charge in [-0.1, -0.05) is 23.3 Å². The predicted octanol–water partition coefficient (Wildman–Crippen LogP) is 3.45. The fourth-order valence-corrected chi connectivity index (χ4v) is 1.13. The van der Waals surface area contributed by atoms with Gasteiger partial charge in [-0.05, 0) is 46.5 Å². The molecule has 0 bridgehead atoms. The summed E-state index contributed by atoms with van der Waals surface area (Å²) in [6.45, 7) is 6.73. The Balaban J connectivity index is 3.55. The van der Waals surface area contributed by atoms with Crippen molar-refractivity contribution in [2.45, 2.75) is 46.5 Å². The lowest BCUT2D eigenvalue weighted by Gasteiger charge is -1.98. The van der Waals surface area contributed by atoms with E-state index >= 15 is 0 Å². The highest BCUT2D eigenvalue weighted by atomic mass is 16.2. The first-order valence-electron chi connectivity index (χ1n) is 5.06. The topological polar surface area (TPSA) is 20.2 Å². The van der Waals surface area contributed by atoms with E-state index in [2.05, 4.69) is 32.9 Å². The Bertz CT molecular complexity index is 174. The van der Waals surface area contributed by atoms with Crippen molar-refractivity contribution >= 4 is 0 Å². The van der Waals surface area contributed by atoms with Crippen LogP contribution in [0.4, 0.5) is 0 Å². The SMILES string of the molecule is CC(C)=CCC/C(C)=C/CCCO. The van der Waals surface area contributed by atoms with Gasteiger partial charge in [0.1, 0.15) is 0 Å². The van der Waals surface area contributed by atoms with Crippen LogP contribution in [0.3, 0.4) is 0 Å². The first-order chi connectivity index (χ1) is 6.16. The van der Waals surface area contributed by atoms with Crippen molar-refractivity contribution in [3.8, 4) is 0 Å². The fraction of sp³-hybridized carbons (Fsp3) is 0.667. The molecule has 0 heterocycles. The molecule has 0 aliphatic heterocycles. The third-order valence-electron chi connectivity index (χ3n) is 1.95. The standard InChI is InChI=1S/C12H22O/c1-11(2)7-6-9-12(3)8-4-5-10-13/h7-8,13H,4-6,9-10H2,1-3H3/b12-8+. The van der Waals surface area contributed by atoms with E-state index in [1.54, 1.807) is 0 Å². The Kier molecular flexibility index (Phi) is 7.71. The molecule has 0 aromatic heterocycles. The second kappa shape index (κ2) is 8.06. The number of aliphatic hydroxyl groups excluding tert-OH is 1. The van der Waals surface area contributed by atoms with E-state index in [1.165, 1.54) is 11.1 Å². The summed E-state index contributed by atoms with van der Waals surface area (Å²) in [6, 6.07) is 0. The molecule has 0 spiro atoms. The van der Waals surface area contributed by atoms with E-state index < -0.39 is 0 Å². The van der Waals surface area contributed by atoms with Crippen LogP contribution >= 0.6 is 0 Å². The zero-order valence-electron chi connectivity index (χ0n) is 9.14. The van der Waals surface area contributed by atoms with Gasteiger partial charge in [-0.15, -0.1) is 0 Å². The number of aliphatic hydroxyl groups is 1. The molecule has 0 atom stereocenters. The number of hydrogen-bond donors (Lipinski definition) is 1. The molecule has 76 valence electrons. The molecule has 1 heteroatoms. The average molecular weight is 182 g/mol. The van der Waals surface area contributed by atoms with Gasteiger partial charge >= 0.3 is 0 Å². The second-order valence-corrected chi connectivity index (χ2v) is 3.74. The molecule has 13 heavy (non-hydrogen) atoms. The van der Waals surface area contributed by atoms with E-state index in [0.29, 0.717) is 6.61 Å². The van der Waals surface area contributed by atoms with Gasteiger partial charge in [0.05, 0.1) is 0 Å². The molecule has 0 saturated heterocycles. The summed E-state index contributed by atoms with van der Waals surface area (Å²) in [6.07, 6.45) is 8.69. The lowest BCUT2D eigenvalue weighted by atomic mass is 10.1. The van der Waals surface area contributed by atoms with Crippen molar-refractivity contribution in [1.29, 1.82) is 0 Å². The zero-order valence-corrected chi connectivity index (χ0v) is 9.14. The third-order valence-corrected chi connectivity index (χ3v) is 1.95. The number of hydrogen-bond acceptors (Lipinski definition) is 1. The zero-order chi connectivity index (χ0) is 10.1. The Hall–Kier alpha value is -0.560. The molecule has 0 rings (SSSR count). The summed E-state index contributed by atoms with van der Waals surface area (Å²) in [5.74, 6) is 0. The number of rotatable bonds is 6. The normalized spacial score (nSPS) is 11.5. The Morgan fingerprint density at radius 2 is 1.77 bits per heavy atom.